The van der Waals surface area contributed by atoms with E-state index in [-0.39, 0.29) is 0 Å². The summed E-state index contributed by atoms with van der Waals surface area (Å²) in [6.45, 7) is -1.49. The molecule has 10 heteroatoms. The average Bonchev–Trinajstić information content (AvgIpc) is 2.81. The Kier molecular flexibility index (Phi) is 3.81. The number of hydrogen-bond donors (Lipinski definition) is 1. The number of nitro groups is 1. The number of carbonyl (C=O) groups excluding carboxylic acids is 1. The number of benzene rings is 1. The standard InChI is InChI=1S/C12H10F4N2O4/c13-7-1-2-9(18(21)22)8(5-7)10(19)17-4-3-11(20,6-17)12(14,15)16/h1-2,5,20H,3-4,6H2/t11-/m1/s1. The van der Waals surface area contributed by atoms with E-state index in [2.05, 4.69) is 0 Å². The number of hydrogen-bond acceptors (Lipinski definition) is 4. The van der Waals surface area contributed by atoms with Gasteiger partial charge in [-0.3, -0.25) is 14.9 Å². The quantitative estimate of drug-likeness (QED) is 0.512. The van der Waals surface area contributed by atoms with Crippen LogP contribution in [-0.4, -0.2) is 45.7 Å². The van der Waals surface area contributed by atoms with Crippen molar-refractivity contribution in [2.45, 2.75) is 18.2 Å². The number of alkyl halides is 3. The minimum absolute atomic E-state index is 0.442. The summed E-state index contributed by atoms with van der Waals surface area (Å²) >= 11 is 0. The van der Waals surface area contributed by atoms with Crippen molar-refractivity contribution in [1.29, 1.82) is 0 Å². The topological polar surface area (TPSA) is 83.7 Å². The van der Waals surface area contributed by atoms with Crippen molar-refractivity contribution < 1.29 is 32.4 Å². The number of likely N-dealkylation sites (tertiary alicyclic amines) is 1. The first kappa shape index (κ1) is 16.1. The van der Waals surface area contributed by atoms with Crippen LogP contribution in [0.15, 0.2) is 18.2 Å². The molecule has 1 aliphatic heterocycles. The van der Waals surface area contributed by atoms with Gasteiger partial charge in [0.25, 0.3) is 11.6 Å². The highest BCUT2D eigenvalue weighted by molar-refractivity contribution is 5.98. The molecule has 6 nitrogen and oxygen atoms in total. The predicted molar refractivity (Wildman–Crippen MR) is 64.6 cm³/mol. The van der Waals surface area contributed by atoms with Crippen LogP contribution in [0.1, 0.15) is 16.8 Å². The van der Waals surface area contributed by atoms with Gasteiger partial charge < -0.3 is 10.0 Å². The second kappa shape index (κ2) is 5.20. The van der Waals surface area contributed by atoms with Gasteiger partial charge in [-0.05, 0) is 12.1 Å². The van der Waals surface area contributed by atoms with Crippen molar-refractivity contribution in [2.24, 2.45) is 0 Å². The lowest BCUT2D eigenvalue weighted by Gasteiger charge is -2.25. The van der Waals surface area contributed by atoms with Crippen molar-refractivity contribution in [1.82, 2.24) is 4.90 Å². The molecule has 1 fully saturated rings. The first-order valence-corrected chi connectivity index (χ1v) is 6.07. The van der Waals surface area contributed by atoms with Crippen molar-refractivity contribution in [3.05, 3.63) is 39.7 Å². The van der Waals surface area contributed by atoms with Gasteiger partial charge in [0.15, 0.2) is 5.60 Å². The molecule has 0 aliphatic carbocycles. The van der Waals surface area contributed by atoms with Crippen LogP contribution in [0.5, 0.6) is 0 Å². The van der Waals surface area contributed by atoms with E-state index in [1.54, 1.807) is 0 Å². The second-order valence-electron chi connectivity index (χ2n) is 4.92. The SMILES string of the molecule is O=C(c1cc(F)ccc1[N+](=O)[O-])N1CC[C@](O)(C(F)(F)F)C1. The molecule has 0 unspecified atom stereocenters. The molecule has 120 valence electrons. The summed E-state index contributed by atoms with van der Waals surface area (Å²) < 4.78 is 51.3. The summed E-state index contributed by atoms with van der Waals surface area (Å²) in [5, 5.41) is 20.3. The molecule has 1 N–H and O–H groups in total. The number of amides is 1. The Bertz CT molecular complexity index is 634. The fourth-order valence-corrected chi connectivity index (χ4v) is 2.21. The summed E-state index contributed by atoms with van der Waals surface area (Å²) in [5.74, 6) is -2.06. The van der Waals surface area contributed by atoms with Crippen LogP contribution in [0.3, 0.4) is 0 Å². The molecule has 1 aliphatic rings. The van der Waals surface area contributed by atoms with Gasteiger partial charge in [0.05, 0.1) is 11.5 Å². The first-order chi connectivity index (χ1) is 10.0. The van der Waals surface area contributed by atoms with Gasteiger partial charge in [0, 0.05) is 19.0 Å². The van der Waals surface area contributed by atoms with E-state index in [0.29, 0.717) is 11.0 Å². The molecule has 1 aromatic carbocycles. The van der Waals surface area contributed by atoms with Crippen LogP contribution >= 0.6 is 0 Å². The normalized spacial score (nSPS) is 22.0. The highest BCUT2D eigenvalue weighted by Crippen LogP contribution is 2.38. The minimum Gasteiger partial charge on any atom is -0.379 e. The van der Waals surface area contributed by atoms with Crippen molar-refractivity contribution >= 4 is 11.6 Å². The van der Waals surface area contributed by atoms with Crippen molar-refractivity contribution in [2.75, 3.05) is 13.1 Å². The molecular weight excluding hydrogens is 312 g/mol. The lowest BCUT2D eigenvalue weighted by molar-refractivity contribution is -0.385. The van der Waals surface area contributed by atoms with Crippen molar-refractivity contribution in [3.63, 3.8) is 0 Å². The summed E-state index contributed by atoms with van der Waals surface area (Å²) in [6.07, 6.45) is -5.68. The Morgan fingerprint density at radius 1 is 1.41 bits per heavy atom. The molecule has 0 spiro atoms. The smallest absolute Gasteiger partial charge is 0.379 e. The number of carbonyl (C=O) groups is 1. The van der Waals surface area contributed by atoms with E-state index >= 15 is 0 Å². The largest absolute Gasteiger partial charge is 0.419 e. The molecule has 0 radical (unpaired) electrons. The fourth-order valence-electron chi connectivity index (χ4n) is 2.21. The van der Waals surface area contributed by atoms with E-state index in [9.17, 15) is 37.6 Å². The third-order valence-electron chi connectivity index (χ3n) is 3.45. The van der Waals surface area contributed by atoms with Gasteiger partial charge in [-0.2, -0.15) is 13.2 Å². The van der Waals surface area contributed by atoms with Gasteiger partial charge in [0.1, 0.15) is 11.4 Å². The maximum Gasteiger partial charge on any atom is 0.419 e. The third kappa shape index (κ3) is 2.73. The van der Waals surface area contributed by atoms with Crippen LogP contribution in [0.25, 0.3) is 0 Å². The Labute approximate surface area is 121 Å². The molecule has 1 saturated heterocycles. The number of aliphatic hydroxyl groups is 1. The van der Waals surface area contributed by atoms with Gasteiger partial charge in [-0.1, -0.05) is 0 Å². The Hall–Kier alpha value is -2.23. The monoisotopic (exact) mass is 322 g/mol. The zero-order valence-electron chi connectivity index (χ0n) is 10.9. The Balaban J connectivity index is 2.31. The average molecular weight is 322 g/mol. The molecule has 1 amide bonds. The third-order valence-corrected chi connectivity index (χ3v) is 3.45. The number of nitrogens with zero attached hydrogens (tertiary/aromatic N) is 2. The van der Waals surface area contributed by atoms with Crippen LogP contribution in [0, 0.1) is 15.9 Å². The number of rotatable bonds is 2. The first-order valence-electron chi connectivity index (χ1n) is 6.07. The second-order valence-corrected chi connectivity index (χ2v) is 4.92. The van der Waals surface area contributed by atoms with Gasteiger partial charge >= 0.3 is 6.18 Å². The maximum absolute atomic E-state index is 13.2. The minimum atomic E-state index is -4.93. The zero-order chi connectivity index (χ0) is 16.7. The molecule has 0 bridgehead atoms. The number of β-amino-alcohol motifs (C(OH)–C–C–N with tert-alkyl or cyclic N) is 1. The predicted octanol–water partition coefficient (Wildman–Crippen LogP) is 1.87. The van der Waals surface area contributed by atoms with Gasteiger partial charge in [-0.15, -0.1) is 0 Å². The fraction of sp³-hybridized carbons (Fsp3) is 0.417. The highest BCUT2D eigenvalue weighted by atomic mass is 19.4. The van der Waals surface area contributed by atoms with Crippen LogP contribution < -0.4 is 0 Å². The summed E-state index contributed by atoms with van der Waals surface area (Å²) in [5.41, 5.74) is -4.43. The van der Waals surface area contributed by atoms with Crippen LogP contribution in [-0.2, 0) is 0 Å². The molecule has 0 saturated carbocycles. The van der Waals surface area contributed by atoms with E-state index in [1.807, 2.05) is 0 Å². The Morgan fingerprint density at radius 2 is 2.05 bits per heavy atom. The summed E-state index contributed by atoms with van der Waals surface area (Å²) in [7, 11) is 0. The summed E-state index contributed by atoms with van der Waals surface area (Å²) in [6, 6.07) is 2.12. The van der Waals surface area contributed by atoms with E-state index in [1.165, 1.54) is 0 Å². The lowest BCUT2D eigenvalue weighted by Crippen LogP contribution is -2.48. The Morgan fingerprint density at radius 3 is 2.55 bits per heavy atom. The molecular formula is C12H10F4N2O4. The molecule has 1 atom stereocenters. The van der Waals surface area contributed by atoms with E-state index < -0.39 is 59.2 Å². The van der Waals surface area contributed by atoms with Gasteiger partial charge in [0.2, 0.25) is 0 Å². The molecule has 2 rings (SSSR count). The highest BCUT2D eigenvalue weighted by Gasteiger charge is 2.58. The van der Waals surface area contributed by atoms with Crippen molar-refractivity contribution in [3.8, 4) is 0 Å². The summed E-state index contributed by atoms with van der Waals surface area (Å²) in [4.78, 5) is 22.6. The lowest BCUT2D eigenvalue weighted by atomic mass is 10.0. The van der Waals surface area contributed by atoms with E-state index in [0.717, 1.165) is 12.1 Å². The number of halogens is 4. The van der Waals surface area contributed by atoms with E-state index in [4.69, 9.17) is 0 Å². The maximum atomic E-state index is 13.2. The van der Waals surface area contributed by atoms with Gasteiger partial charge in [-0.25, -0.2) is 4.39 Å². The molecule has 1 aromatic rings. The molecule has 1 heterocycles. The number of nitro benzene ring substituents is 1. The molecule has 22 heavy (non-hydrogen) atoms. The zero-order valence-corrected chi connectivity index (χ0v) is 10.9. The van der Waals surface area contributed by atoms with Crippen LogP contribution in [0.2, 0.25) is 0 Å². The molecule has 0 aromatic heterocycles. The van der Waals surface area contributed by atoms with Crippen LogP contribution in [0.4, 0.5) is 23.2 Å².